The molecule has 8 nitrogen and oxygen atoms in total. The Balaban J connectivity index is 1.39. The molecule has 0 spiro atoms. The summed E-state index contributed by atoms with van der Waals surface area (Å²) >= 11 is 0. The fourth-order valence-corrected chi connectivity index (χ4v) is 3.39. The van der Waals surface area contributed by atoms with E-state index >= 15 is 0 Å². The summed E-state index contributed by atoms with van der Waals surface area (Å²) < 4.78 is 1.61. The lowest BCUT2D eigenvalue weighted by Crippen LogP contribution is -2.50. The molecule has 0 radical (unpaired) electrons. The summed E-state index contributed by atoms with van der Waals surface area (Å²) in [6.07, 6.45) is 11.8. The summed E-state index contributed by atoms with van der Waals surface area (Å²) in [7, 11) is 0. The van der Waals surface area contributed by atoms with Crippen LogP contribution in [-0.2, 0) is 4.79 Å². The van der Waals surface area contributed by atoms with Gasteiger partial charge >= 0.3 is 0 Å². The van der Waals surface area contributed by atoms with E-state index < -0.39 is 0 Å². The molecular weight excluding hydrogens is 318 g/mol. The highest BCUT2D eigenvalue weighted by atomic mass is 16.2. The lowest BCUT2D eigenvalue weighted by atomic mass is 9.93. The van der Waals surface area contributed by atoms with Crippen LogP contribution < -0.4 is 4.90 Å². The van der Waals surface area contributed by atoms with Gasteiger partial charge in [-0.05, 0) is 19.3 Å². The molecule has 0 aromatic carbocycles. The van der Waals surface area contributed by atoms with Crippen LogP contribution in [0.4, 0.5) is 5.82 Å². The first kappa shape index (κ1) is 15.7. The van der Waals surface area contributed by atoms with Crippen molar-refractivity contribution in [2.24, 2.45) is 5.92 Å². The van der Waals surface area contributed by atoms with Crippen molar-refractivity contribution >= 4 is 11.7 Å². The number of carbonyl (C=O) groups excluding carboxylic acids is 1. The van der Waals surface area contributed by atoms with Crippen LogP contribution in [0.25, 0.3) is 5.82 Å². The number of amides is 1. The second kappa shape index (κ2) is 7.00. The van der Waals surface area contributed by atoms with Crippen molar-refractivity contribution in [3.05, 3.63) is 37.2 Å². The topological polar surface area (TPSA) is 80.0 Å². The van der Waals surface area contributed by atoms with Crippen molar-refractivity contribution in [2.75, 3.05) is 31.1 Å². The molecule has 0 saturated carbocycles. The van der Waals surface area contributed by atoms with Crippen LogP contribution in [0.5, 0.6) is 0 Å². The van der Waals surface area contributed by atoms with Crippen LogP contribution in [0.15, 0.2) is 37.2 Å². The van der Waals surface area contributed by atoms with Gasteiger partial charge in [0.1, 0.15) is 24.8 Å². The third kappa shape index (κ3) is 3.38. The van der Waals surface area contributed by atoms with Gasteiger partial charge in [0.15, 0.2) is 5.82 Å². The van der Waals surface area contributed by atoms with Crippen molar-refractivity contribution in [2.45, 2.75) is 19.3 Å². The standard InChI is InChI=1S/C17H21N7O/c25-17(14-4-2-1-3-5-14)23-8-6-22(7-9-23)15-10-16(20-12-19-15)24-13-18-11-21-24/h1-2,10-14H,3-9H2. The summed E-state index contributed by atoms with van der Waals surface area (Å²) in [5.41, 5.74) is 0. The minimum atomic E-state index is 0.162. The number of piperazine rings is 1. The number of allylic oxidation sites excluding steroid dienone is 2. The molecule has 2 aliphatic rings. The minimum Gasteiger partial charge on any atom is -0.353 e. The Kier molecular flexibility index (Phi) is 4.41. The molecule has 2 aromatic rings. The number of carbonyl (C=O) groups is 1. The van der Waals surface area contributed by atoms with Gasteiger partial charge in [-0.15, -0.1) is 0 Å². The molecule has 3 heterocycles. The molecule has 1 atom stereocenters. The average Bonchev–Trinajstić information content (AvgIpc) is 3.23. The predicted octanol–water partition coefficient (Wildman–Crippen LogP) is 1.06. The molecule has 1 unspecified atom stereocenters. The van der Waals surface area contributed by atoms with Gasteiger partial charge in [-0.1, -0.05) is 12.2 Å². The second-order valence-corrected chi connectivity index (χ2v) is 6.37. The predicted molar refractivity (Wildman–Crippen MR) is 92.2 cm³/mol. The highest BCUT2D eigenvalue weighted by Crippen LogP contribution is 2.22. The van der Waals surface area contributed by atoms with Crippen molar-refractivity contribution in [3.8, 4) is 5.82 Å². The van der Waals surface area contributed by atoms with E-state index in [4.69, 9.17) is 0 Å². The van der Waals surface area contributed by atoms with Gasteiger partial charge in [-0.3, -0.25) is 4.79 Å². The zero-order valence-corrected chi connectivity index (χ0v) is 14.0. The molecule has 25 heavy (non-hydrogen) atoms. The van der Waals surface area contributed by atoms with Crippen LogP contribution >= 0.6 is 0 Å². The van der Waals surface area contributed by atoms with E-state index in [0.717, 1.165) is 51.3 Å². The molecule has 1 aliphatic carbocycles. The van der Waals surface area contributed by atoms with E-state index in [2.05, 4.69) is 37.1 Å². The third-order valence-electron chi connectivity index (χ3n) is 4.83. The van der Waals surface area contributed by atoms with E-state index in [9.17, 15) is 4.79 Å². The highest BCUT2D eigenvalue weighted by molar-refractivity contribution is 5.79. The molecule has 4 rings (SSSR count). The quantitative estimate of drug-likeness (QED) is 0.778. The second-order valence-electron chi connectivity index (χ2n) is 6.37. The smallest absolute Gasteiger partial charge is 0.226 e. The Morgan fingerprint density at radius 3 is 2.60 bits per heavy atom. The summed E-state index contributed by atoms with van der Waals surface area (Å²) in [6, 6.07) is 1.90. The maximum Gasteiger partial charge on any atom is 0.226 e. The van der Waals surface area contributed by atoms with Gasteiger partial charge in [0, 0.05) is 38.2 Å². The molecule has 1 fully saturated rings. The number of nitrogens with zero attached hydrogens (tertiary/aromatic N) is 7. The fraction of sp³-hybridized carbons (Fsp3) is 0.471. The minimum absolute atomic E-state index is 0.162. The first-order valence-corrected chi connectivity index (χ1v) is 8.67. The first-order valence-electron chi connectivity index (χ1n) is 8.67. The zero-order chi connectivity index (χ0) is 17.1. The van der Waals surface area contributed by atoms with Crippen molar-refractivity contribution < 1.29 is 4.79 Å². The van der Waals surface area contributed by atoms with Gasteiger partial charge in [-0.25, -0.2) is 19.6 Å². The summed E-state index contributed by atoms with van der Waals surface area (Å²) in [4.78, 5) is 29.4. The molecular formula is C17H21N7O. The summed E-state index contributed by atoms with van der Waals surface area (Å²) in [6.45, 7) is 3.04. The van der Waals surface area contributed by atoms with Crippen LogP contribution in [0.1, 0.15) is 19.3 Å². The van der Waals surface area contributed by atoms with Crippen LogP contribution in [0, 0.1) is 5.92 Å². The van der Waals surface area contributed by atoms with Gasteiger partial charge in [0.05, 0.1) is 0 Å². The number of rotatable bonds is 3. The van der Waals surface area contributed by atoms with Crippen LogP contribution in [-0.4, -0.2) is 61.7 Å². The van der Waals surface area contributed by atoms with E-state index in [1.54, 1.807) is 11.0 Å². The molecule has 0 bridgehead atoms. The van der Waals surface area contributed by atoms with Crippen molar-refractivity contribution in [1.29, 1.82) is 0 Å². The van der Waals surface area contributed by atoms with E-state index in [1.165, 1.54) is 12.7 Å². The number of aromatic nitrogens is 5. The maximum atomic E-state index is 12.6. The molecule has 130 valence electrons. The van der Waals surface area contributed by atoms with E-state index in [0.29, 0.717) is 11.7 Å². The average molecular weight is 339 g/mol. The largest absolute Gasteiger partial charge is 0.353 e. The summed E-state index contributed by atoms with van der Waals surface area (Å²) in [5.74, 6) is 2.01. The van der Waals surface area contributed by atoms with Gasteiger partial charge in [0.25, 0.3) is 0 Å². The molecule has 1 amide bonds. The maximum absolute atomic E-state index is 12.6. The first-order chi connectivity index (χ1) is 12.3. The zero-order valence-electron chi connectivity index (χ0n) is 14.0. The Morgan fingerprint density at radius 1 is 1.04 bits per heavy atom. The Hall–Kier alpha value is -2.77. The Bertz CT molecular complexity index is 750. The third-order valence-corrected chi connectivity index (χ3v) is 4.83. The van der Waals surface area contributed by atoms with Crippen molar-refractivity contribution in [3.63, 3.8) is 0 Å². The molecule has 0 N–H and O–H groups in total. The van der Waals surface area contributed by atoms with Gasteiger partial charge in [0.2, 0.25) is 5.91 Å². The van der Waals surface area contributed by atoms with Crippen LogP contribution in [0.2, 0.25) is 0 Å². The summed E-state index contributed by atoms with van der Waals surface area (Å²) in [5, 5.41) is 4.10. The van der Waals surface area contributed by atoms with E-state index in [1.807, 2.05) is 11.0 Å². The van der Waals surface area contributed by atoms with E-state index in [-0.39, 0.29) is 5.92 Å². The molecule has 1 aliphatic heterocycles. The Labute approximate surface area is 146 Å². The monoisotopic (exact) mass is 339 g/mol. The molecule has 1 saturated heterocycles. The van der Waals surface area contributed by atoms with Crippen molar-refractivity contribution in [1.82, 2.24) is 29.6 Å². The fourth-order valence-electron chi connectivity index (χ4n) is 3.39. The Morgan fingerprint density at radius 2 is 1.88 bits per heavy atom. The highest BCUT2D eigenvalue weighted by Gasteiger charge is 2.27. The SMILES string of the molecule is O=C(C1CC=CCC1)N1CCN(c2cc(-n3cncn3)ncn2)CC1. The van der Waals surface area contributed by atoms with Gasteiger partial charge in [-0.2, -0.15) is 5.10 Å². The number of hydrogen-bond donors (Lipinski definition) is 0. The lowest BCUT2D eigenvalue weighted by molar-refractivity contribution is -0.136. The molecule has 8 heteroatoms. The van der Waals surface area contributed by atoms with Crippen LogP contribution in [0.3, 0.4) is 0 Å². The number of hydrogen-bond acceptors (Lipinski definition) is 6. The number of anilines is 1. The molecule has 2 aromatic heterocycles. The lowest BCUT2D eigenvalue weighted by Gasteiger charge is -2.37. The van der Waals surface area contributed by atoms with Gasteiger partial charge < -0.3 is 9.80 Å². The normalized spacial score (nSPS) is 20.7.